The third-order valence-electron chi connectivity index (χ3n) is 5.49. The molecule has 0 radical (unpaired) electrons. The summed E-state index contributed by atoms with van der Waals surface area (Å²) >= 11 is 0. The number of anilines is 1. The Kier molecular flexibility index (Phi) is 5.21. The molecule has 0 saturated carbocycles. The van der Waals surface area contributed by atoms with Gasteiger partial charge in [-0.25, -0.2) is 0 Å². The SMILES string of the molecule is O=Cc1cccc(-c2ccc(C3CCC(=O)NC3=O)cc2)c1N1CCNCC1. The fraction of sp³-hybridized carbons (Fsp3) is 0.318. The second-order valence-corrected chi connectivity index (χ2v) is 7.22. The number of nitrogens with one attached hydrogen (secondary N) is 2. The minimum atomic E-state index is -0.291. The predicted molar refractivity (Wildman–Crippen MR) is 107 cm³/mol. The van der Waals surface area contributed by atoms with E-state index in [9.17, 15) is 14.4 Å². The van der Waals surface area contributed by atoms with E-state index in [0.29, 0.717) is 18.4 Å². The molecule has 0 aliphatic carbocycles. The van der Waals surface area contributed by atoms with Crippen LogP contribution in [0.15, 0.2) is 42.5 Å². The monoisotopic (exact) mass is 377 g/mol. The molecule has 2 N–H and O–H groups in total. The lowest BCUT2D eigenvalue weighted by Gasteiger charge is -2.32. The molecule has 6 nitrogen and oxygen atoms in total. The Morgan fingerprint density at radius 2 is 1.75 bits per heavy atom. The molecular weight excluding hydrogens is 354 g/mol. The van der Waals surface area contributed by atoms with Gasteiger partial charge in [0, 0.05) is 43.7 Å². The molecule has 1 atom stereocenters. The smallest absolute Gasteiger partial charge is 0.234 e. The standard InChI is InChI=1S/C22H23N3O3/c26-14-17-2-1-3-18(21(17)25-12-10-23-11-13-25)15-4-6-16(7-5-15)19-8-9-20(27)24-22(19)28/h1-7,14,19,23H,8-13H2,(H,24,27,28). The number of aldehydes is 1. The summed E-state index contributed by atoms with van der Waals surface area (Å²) in [4.78, 5) is 37.4. The molecular formula is C22H23N3O3. The maximum absolute atomic E-state index is 12.1. The highest BCUT2D eigenvalue weighted by atomic mass is 16.2. The van der Waals surface area contributed by atoms with Crippen LogP contribution in [0.3, 0.4) is 0 Å². The Hall–Kier alpha value is -2.99. The van der Waals surface area contributed by atoms with E-state index in [4.69, 9.17) is 0 Å². The van der Waals surface area contributed by atoms with Crippen molar-refractivity contribution in [3.63, 3.8) is 0 Å². The Morgan fingerprint density at radius 3 is 2.43 bits per heavy atom. The Bertz CT molecular complexity index is 902. The van der Waals surface area contributed by atoms with Crippen molar-refractivity contribution in [3.8, 4) is 11.1 Å². The van der Waals surface area contributed by atoms with Crippen LogP contribution in [0, 0.1) is 0 Å². The third-order valence-corrected chi connectivity index (χ3v) is 5.49. The number of carbonyl (C=O) groups is 3. The maximum Gasteiger partial charge on any atom is 0.234 e. The Labute approximate surface area is 163 Å². The summed E-state index contributed by atoms with van der Waals surface area (Å²) < 4.78 is 0. The summed E-state index contributed by atoms with van der Waals surface area (Å²) in [6.45, 7) is 3.49. The zero-order valence-electron chi connectivity index (χ0n) is 15.6. The number of amides is 2. The van der Waals surface area contributed by atoms with E-state index in [1.54, 1.807) is 0 Å². The van der Waals surface area contributed by atoms with Gasteiger partial charge in [-0.1, -0.05) is 36.4 Å². The summed E-state index contributed by atoms with van der Waals surface area (Å²) in [5.41, 5.74) is 4.58. The van der Waals surface area contributed by atoms with Gasteiger partial charge in [-0.15, -0.1) is 0 Å². The minimum absolute atomic E-state index is 0.204. The molecule has 0 aromatic heterocycles. The maximum atomic E-state index is 12.1. The van der Waals surface area contributed by atoms with Crippen molar-refractivity contribution >= 4 is 23.8 Å². The first-order valence-electron chi connectivity index (χ1n) is 9.65. The molecule has 2 aromatic rings. The fourth-order valence-corrected chi connectivity index (χ4v) is 4.04. The van der Waals surface area contributed by atoms with Crippen LogP contribution in [0.1, 0.15) is 34.7 Å². The molecule has 0 spiro atoms. The first kappa shape index (κ1) is 18.4. The van der Waals surface area contributed by atoms with Crippen molar-refractivity contribution in [1.82, 2.24) is 10.6 Å². The van der Waals surface area contributed by atoms with Crippen molar-refractivity contribution in [3.05, 3.63) is 53.6 Å². The van der Waals surface area contributed by atoms with Gasteiger partial charge in [-0.2, -0.15) is 0 Å². The average molecular weight is 377 g/mol. The second kappa shape index (κ2) is 7.94. The summed E-state index contributed by atoms with van der Waals surface area (Å²) in [6, 6.07) is 13.7. The molecule has 2 aliphatic heterocycles. The van der Waals surface area contributed by atoms with Crippen LogP contribution < -0.4 is 15.5 Å². The van der Waals surface area contributed by atoms with E-state index >= 15 is 0 Å². The van der Waals surface area contributed by atoms with E-state index < -0.39 is 0 Å². The van der Waals surface area contributed by atoms with Crippen LogP contribution in [-0.4, -0.2) is 44.3 Å². The number of piperidine rings is 1. The number of para-hydroxylation sites is 1. The van der Waals surface area contributed by atoms with Gasteiger partial charge in [-0.05, 0) is 23.6 Å². The summed E-state index contributed by atoms with van der Waals surface area (Å²) in [6.07, 6.45) is 1.82. The Morgan fingerprint density at radius 1 is 1.00 bits per heavy atom. The van der Waals surface area contributed by atoms with Crippen LogP contribution in [0.2, 0.25) is 0 Å². The molecule has 2 heterocycles. The largest absolute Gasteiger partial charge is 0.368 e. The van der Waals surface area contributed by atoms with Crippen LogP contribution in [0.25, 0.3) is 11.1 Å². The quantitative estimate of drug-likeness (QED) is 0.630. The first-order valence-corrected chi connectivity index (χ1v) is 9.65. The first-order chi connectivity index (χ1) is 13.7. The van der Waals surface area contributed by atoms with Crippen LogP contribution >= 0.6 is 0 Å². The molecule has 2 aliphatic rings. The molecule has 144 valence electrons. The Balaban J connectivity index is 1.67. The third kappa shape index (κ3) is 3.55. The average Bonchev–Trinajstić information content (AvgIpc) is 2.74. The number of imide groups is 1. The van der Waals surface area contributed by atoms with Gasteiger partial charge in [0.25, 0.3) is 0 Å². The molecule has 4 rings (SSSR count). The summed E-state index contributed by atoms with van der Waals surface area (Å²) in [5.74, 6) is -0.724. The predicted octanol–water partition coefficient (Wildman–Crippen LogP) is 2.10. The zero-order chi connectivity index (χ0) is 19.5. The molecule has 2 saturated heterocycles. The molecule has 2 amide bonds. The lowest BCUT2D eigenvalue weighted by atomic mass is 9.89. The van der Waals surface area contributed by atoms with Gasteiger partial charge >= 0.3 is 0 Å². The molecule has 28 heavy (non-hydrogen) atoms. The van der Waals surface area contributed by atoms with E-state index in [-0.39, 0.29) is 17.7 Å². The highest BCUT2D eigenvalue weighted by molar-refractivity contribution is 6.01. The zero-order valence-corrected chi connectivity index (χ0v) is 15.6. The molecule has 1 unspecified atom stereocenters. The topological polar surface area (TPSA) is 78.5 Å². The number of carbonyl (C=O) groups excluding carboxylic acids is 3. The van der Waals surface area contributed by atoms with Gasteiger partial charge in [0.05, 0.1) is 11.6 Å². The van der Waals surface area contributed by atoms with Gasteiger partial charge in [-0.3, -0.25) is 19.7 Å². The van der Waals surface area contributed by atoms with Crippen molar-refractivity contribution in [2.45, 2.75) is 18.8 Å². The number of benzene rings is 2. The molecule has 0 bridgehead atoms. The number of hydrogen-bond acceptors (Lipinski definition) is 5. The van der Waals surface area contributed by atoms with Crippen LogP contribution in [0.5, 0.6) is 0 Å². The number of nitrogens with zero attached hydrogens (tertiary/aromatic N) is 1. The lowest BCUT2D eigenvalue weighted by Crippen LogP contribution is -2.44. The van der Waals surface area contributed by atoms with Crippen molar-refractivity contribution in [2.75, 3.05) is 31.1 Å². The number of piperazine rings is 1. The lowest BCUT2D eigenvalue weighted by molar-refractivity contribution is -0.134. The highest BCUT2D eigenvalue weighted by Gasteiger charge is 2.28. The van der Waals surface area contributed by atoms with Crippen molar-refractivity contribution in [1.29, 1.82) is 0 Å². The fourth-order valence-electron chi connectivity index (χ4n) is 4.04. The van der Waals surface area contributed by atoms with E-state index in [2.05, 4.69) is 15.5 Å². The van der Waals surface area contributed by atoms with Crippen LogP contribution in [-0.2, 0) is 9.59 Å². The normalized spacial score (nSPS) is 20.0. The van der Waals surface area contributed by atoms with Gasteiger partial charge in [0.15, 0.2) is 6.29 Å². The molecule has 2 fully saturated rings. The van der Waals surface area contributed by atoms with E-state index in [0.717, 1.165) is 54.8 Å². The minimum Gasteiger partial charge on any atom is -0.368 e. The summed E-state index contributed by atoms with van der Waals surface area (Å²) in [7, 11) is 0. The molecule has 2 aromatic carbocycles. The van der Waals surface area contributed by atoms with Gasteiger partial charge in [0.1, 0.15) is 0 Å². The highest BCUT2D eigenvalue weighted by Crippen LogP contribution is 2.35. The number of rotatable bonds is 4. The number of hydrogen-bond donors (Lipinski definition) is 2. The van der Waals surface area contributed by atoms with Crippen molar-refractivity contribution < 1.29 is 14.4 Å². The van der Waals surface area contributed by atoms with Gasteiger partial charge in [0.2, 0.25) is 11.8 Å². The van der Waals surface area contributed by atoms with E-state index in [1.165, 1.54) is 0 Å². The van der Waals surface area contributed by atoms with Crippen molar-refractivity contribution in [2.24, 2.45) is 0 Å². The second-order valence-electron chi connectivity index (χ2n) is 7.22. The molecule has 6 heteroatoms. The van der Waals surface area contributed by atoms with E-state index in [1.807, 2.05) is 42.5 Å². The summed E-state index contributed by atoms with van der Waals surface area (Å²) in [5, 5.41) is 5.75. The van der Waals surface area contributed by atoms with Crippen LogP contribution in [0.4, 0.5) is 5.69 Å². The van der Waals surface area contributed by atoms with Gasteiger partial charge < -0.3 is 10.2 Å².